The molecule has 3 rings (SSSR count). The van der Waals surface area contributed by atoms with Gasteiger partial charge in [0.05, 0.1) is 0 Å². The summed E-state index contributed by atoms with van der Waals surface area (Å²) < 4.78 is 73.4. The van der Waals surface area contributed by atoms with E-state index < -0.39 is 56.5 Å². The van der Waals surface area contributed by atoms with Crippen LogP contribution >= 0.6 is 0 Å². The average Bonchev–Trinajstić information content (AvgIpc) is 2.81. The minimum atomic E-state index is -4.23. The van der Waals surface area contributed by atoms with Crippen LogP contribution in [0.1, 0.15) is 11.1 Å². The molecule has 3 aromatic carbocycles. The molecule has 3 aromatic rings. The van der Waals surface area contributed by atoms with Crippen molar-refractivity contribution in [3.05, 3.63) is 77.1 Å². The third-order valence-electron chi connectivity index (χ3n) is 4.98. The zero-order valence-electron chi connectivity index (χ0n) is 18.4. The summed E-state index contributed by atoms with van der Waals surface area (Å²) in [7, 11) is -4.23. The highest BCUT2D eigenvalue weighted by molar-refractivity contribution is 7.89. The van der Waals surface area contributed by atoms with Crippen LogP contribution < -0.4 is 15.2 Å². The Bertz CT molecular complexity index is 1420. The molecule has 0 saturated heterocycles. The highest BCUT2D eigenvalue weighted by Crippen LogP contribution is 2.30. The maximum absolute atomic E-state index is 13.6. The number of carboxylic acid groups (broad SMARTS) is 1. The van der Waals surface area contributed by atoms with Crippen LogP contribution in [-0.2, 0) is 21.2 Å². The molecule has 0 radical (unpaired) electrons. The second kappa shape index (κ2) is 10.7. The largest absolute Gasteiger partial charge is 0.507 e. The Hall–Kier alpha value is -4.10. The highest BCUT2D eigenvalue weighted by Gasteiger charge is 2.20. The number of sulfonamides is 1. The lowest BCUT2D eigenvalue weighted by molar-refractivity contribution is -0.139. The van der Waals surface area contributed by atoms with Gasteiger partial charge < -0.3 is 20.7 Å². The Morgan fingerprint density at radius 1 is 1.03 bits per heavy atom. The van der Waals surface area contributed by atoms with Crippen LogP contribution in [0.25, 0.3) is 11.1 Å². The number of phenolic OH excluding ortho intramolecular Hbond substituents is 1. The lowest BCUT2D eigenvalue weighted by Crippen LogP contribution is -2.26. The molecular weight excluding hydrogens is 503 g/mol. The summed E-state index contributed by atoms with van der Waals surface area (Å²) in [5.41, 5.74) is 5.98. The number of nitrogens with one attached hydrogen (secondary N) is 2. The molecule has 0 aromatic heterocycles. The van der Waals surface area contributed by atoms with Crippen molar-refractivity contribution in [2.45, 2.75) is 11.3 Å². The van der Waals surface area contributed by atoms with E-state index in [1.165, 1.54) is 24.3 Å². The first kappa shape index (κ1) is 26.5. The number of halogens is 3. The Balaban J connectivity index is 1.85. The van der Waals surface area contributed by atoms with Crippen LogP contribution in [-0.4, -0.2) is 43.6 Å². The van der Waals surface area contributed by atoms with E-state index >= 15 is 0 Å². The van der Waals surface area contributed by atoms with Crippen molar-refractivity contribution >= 4 is 21.8 Å². The van der Waals surface area contributed by atoms with E-state index in [4.69, 9.17) is 21.0 Å². The fourth-order valence-corrected chi connectivity index (χ4v) is 4.38. The summed E-state index contributed by atoms with van der Waals surface area (Å²) in [6.45, 7) is -0.964. The minimum absolute atomic E-state index is 0.000614. The number of nitrogen functional groups attached to an aromatic ring is 1. The fraction of sp³-hybridized carbons (Fsp3) is 0.130. The van der Waals surface area contributed by atoms with Crippen LogP contribution in [0.5, 0.6) is 11.5 Å². The van der Waals surface area contributed by atoms with Crippen molar-refractivity contribution in [3.63, 3.8) is 0 Å². The van der Waals surface area contributed by atoms with Crippen LogP contribution in [0.15, 0.2) is 53.4 Å². The Morgan fingerprint density at radius 2 is 1.69 bits per heavy atom. The second-order valence-corrected chi connectivity index (χ2v) is 9.24. The second-order valence-electron chi connectivity index (χ2n) is 7.50. The molecule has 190 valence electrons. The predicted octanol–water partition coefficient (Wildman–Crippen LogP) is 2.74. The highest BCUT2D eigenvalue weighted by atomic mass is 32.2. The number of hydrogen-bond donors (Lipinski definition) is 5. The maximum Gasteiger partial charge on any atom is 0.341 e. The number of benzene rings is 3. The van der Waals surface area contributed by atoms with Crippen molar-refractivity contribution in [1.82, 2.24) is 4.72 Å². The molecule has 0 bridgehead atoms. The fourth-order valence-electron chi connectivity index (χ4n) is 3.23. The van der Waals surface area contributed by atoms with E-state index in [0.29, 0.717) is 5.56 Å². The summed E-state index contributed by atoms with van der Waals surface area (Å²) in [6.07, 6.45) is -0.00619. The van der Waals surface area contributed by atoms with Crippen LogP contribution in [0.4, 0.5) is 13.2 Å². The lowest BCUT2D eigenvalue weighted by atomic mass is 10.0. The van der Waals surface area contributed by atoms with Gasteiger partial charge in [0, 0.05) is 12.1 Å². The number of carboxylic acids is 1. The average molecular weight is 523 g/mol. The zero-order chi connectivity index (χ0) is 26.6. The summed E-state index contributed by atoms with van der Waals surface area (Å²) >= 11 is 0. The van der Waals surface area contributed by atoms with Crippen LogP contribution in [0.3, 0.4) is 0 Å². The summed E-state index contributed by atoms with van der Waals surface area (Å²) in [5.74, 6) is -6.70. The van der Waals surface area contributed by atoms with Gasteiger partial charge in [-0.25, -0.2) is 31.1 Å². The van der Waals surface area contributed by atoms with Gasteiger partial charge in [0.15, 0.2) is 24.1 Å². The molecule has 0 aliphatic carbocycles. The van der Waals surface area contributed by atoms with Crippen molar-refractivity contribution in [3.8, 4) is 22.6 Å². The topological polar surface area (TPSA) is 163 Å². The van der Waals surface area contributed by atoms with Crippen LogP contribution in [0, 0.1) is 22.9 Å². The van der Waals surface area contributed by atoms with Gasteiger partial charge in [0.2, 0.25) is 10.0 Å². The van der Waals surface area contributed by atoms with Gasteiger partial charge in [-0.05, 0) is 59.5 Å². The number of aliphatic carboxylic acids is 1. The van der Waals surface area contributed by atoms with Gasteiger partial charge >= 0.3 is 5.97 Å². The standard InChI is InChI=1S/C23H20F3N3O6S/c24-16-7-15(8-17(25)22(16)26)13-2-1-12(19(9-13)35-11-21(31)32)5-6-29-36(33,34)20-10-14(23(27)28)3-4-18(20)30/h1-4,7-10,29-30H,5-6,11H2,(H3,27,28)(H,31,32). The third-order valence-corrected chi connectivity index (χ3v) is 6.47. The molecule has 0 saturated carbocycles. The molecular formula is C23H20F3N3O6S. The first-order chi connectivity index (χ1) is 16.9. The Morgan fingerprint density at radius 3 is 2.31 bits per heavy atom. The molecule has 9 nitrogen and oxygen atoms in total. The maximum atomic E-state index is 13.6. The van der Waals surface area contributed by atoms with Crippen molar-refractivity contribution in [2.75, 3.05) is 13.2 Å². The van der Waals surface area contributed by atoms with Gasteiger partial charge in [-0.2, -0.15) is 0 Å². The lowest BCUT2D eigenvalue weighted by Gasteiger charge is -2.14. The molecule has 0 amide bonds. The van der Waals surface area contributed by atoms with E-state index in [1.807, 2.05) is 0 Å². The quantitative estimate of drug-likeness (QED) is 0.155. The van der Waals surface area contributed by atoms with Crippen molar-refractivity contribution in [2.24, 2.45) is 5.73 Å². The molecule has 0 unspecified atom stereocenters. The predicted molar refractivity (Wildman–Crippen MR) is 123 cm³/mol. The molecule has 0 spiro atoms. The number of amidine groups is 1. The van der Waals surface area contributed by atoms with Gasteiger partial charge in [-0.1, -0.05) is 12.1 Å². The number of carbonyl (C=O) groups is 1. The van der Waals surface area contributed by atoms with Gasteiger partial charge in [-0.15, -0.1) is 0 Å². The summed E-state index contributed by atoms with van der Waals surface area (Å²) in [5, 5.41) is 26.3. The molecule has 36 heavy (non-hydrogen) atoms. The van der Waals surface area contributed by atoms with Crippen molar-refractivity contribution < 1.29 is 41.3 Å². The van der Waals surface area contributed by atoms with Gasteiger partial charge in [0.1, 0.15) is 22.2 Å². The summed E-state index contributed by atoms with van der Waals surface area (Å²) in [6, 6.07) is 9.10. The van der Waals surface area contributed by atoms with Gasteiger partial charge in [0.25, 0.3) is 0 Å². The first-order valence-electron chi connectivity index (χ1n) is 10.2. The SMILES string of the molecule is N=C(N)c1ccc(O)c(S(=O)(=O)NCCc2ccc(-c3cc(F)c(F)c(F)c3)cc2OCC(=O)O)c1. The molecule has 0 aliphatic rings. The third kappa shape index (κ3) is 6.12. The van der Waals surface area contributed by atoms with E-state index in [-0.39, 0.29) is 35.4 Å². The Kier molecular flexibility index (Phi) is 7.85. The normalized spacial score (nSPS) is 11.3. The monoisotopic (exact) mass is 523 g/mol. The molecule has 13 heteroatoms. The number of nitrogens with two attached hydrogens (primary N) is 1. The van der Waals surface area contributed by atoms with E-state index in [2.05, 4.69) is 4.72 Å². The Labute approximate surface area is 203 Å². The zero-order valence-corrected chi connectivity index (χ0v) is 19.2. The first-order valence-corrected chi connectivity index (χ1v) is 11.7. The number of rotatable bonds is 10. The van der Waals surface area contributed by atoms with Crippen LogP contribution in [0.2, 0.25) is 0 Å². The minimum Gasteiger partial charge on any atom is -0.507 e. The molecule has 6 N–H and O–H groups in total. The van der Waals surface area contributed by atoms with E-state index in [1.54, 1.807) is 0 Å². The number of hydrogen-bond acceptors (Lipinski definition) is 6. The molecule has 0 heterocycles. The smallest absolute Gasteiger partial charge is 0.341 e. The van der Waals surface area contributed by atoms with Gasteiger partial charge in [-0.3, -0.25) is 5.41 Å². The summed E-state index contributed by atoms with van der Waals surface area (Å²) in [4.78, 5) is 10.5. The van der Waals surface area contributed by atoms with E-state index in [0.717, 1.165) is 24.3 Å². The number of ether oxygens (including phenoxy) is 1. The number of aromatic hydroxyl groups is 1. The van der Waals surface area contributed by atoms with E-state index in [9.17, 15) is 31.5 Å². The van der Waals surface area contributed by atoms with Crippen molar-refractivity contribution in [1.29, 1.82) is 5.41 Å². The molecule has 0 atom stereocenters. The number of phenols is 1. The molecule has 0 aliphatic heterocycles. The molecule has 0 fully saturated rings.